The molecule has 0 aliphatic heterocycles. The van der Waals surface area contributed by atoms with E-state index < -0.39 is 36.0 Å². The van der Waals surface area contributed by atoms with Gasteiger partial charge < -0.3 is 25.3 Å². The molecule has 0 saturated carbocycles. The monoisotopic (exact) mass is 508 g/mol. The molecule has 2 aromatic rings. The van der Waals surface area contributed by atoms with E-state index in [0.29, 0.717) is 16.7 Å². The molecule has 37 heavy (non-hydrogen) atoms. The summed E-state index contributed by atoms with van der Waals surface area (Å²) in [6, 6.07) is 11.8. The number of nitrogens with two attached hydrogens (primary N) is 1. The van der Waals surface area contributed by atoms with Gasteiger partial charge in [0.25, 0.3) is 0 Å². The Bertz CT molecular complexity index is 1170. The normalized spacial score (nSPS) is 12.2. The van der Waals surface area contributed by atoms with Crippen LogP contribution in [0.4, 0.5) is 0 Å². The maximum absolute atomic E-state index is 12.8. The third-order valence-corrected chi connectivity index (χ3v) is 4.91. The van der Waals surface area contributed by atoms with E-state index in [1.165, 1.54) is 12.1 Å². The van der Waals surface area contributed by atoms with Crippen LogP contribution in [0.15, 0.2) is 72.3 Å². The predicted molar refractivity (Wildman–Crippen MR) is 138 cm³/mol. The van der Waals surface area contributed by atoms with Crippen molar-refractivity contribution >= 4 is 23.8 Å². The zero-order chi connectivity index (χ0) is 27.4. The van der Waals surface area contributed by atoms with Crippen LogP contribution in [-0.2, 0) is 25.5 Å². The predicted octanol–water partition coefficient (Wildman–Crippen LogP) is 3.27. The number of carbonyl (C=O) groups excluding carboxylic acids is 4. The van der Waals surface area contributed by atoms with Gasteiger partial charge in [0.15, 0.2) is 11.5 Å². The molecule has 0 fully saturated rings. The molecule has 1 amide bonds. The molecule has 1 atom stereocenters. The summed E-state index contributed by atoms with van der Waals surface area (Å²) in [4.78, 5) is 49.9. The molecule has 0 aromatic heterocycles. The Morgan fingerprint density at radius 2 is 1.68 bits per heavy atom. The summed E-state index contributed by atoms with van der Waals surface area (Å²) in [5, 5.41) is 2.54. The van der Waals surface area contributed by atoms with Crippen molar-refractivity contribution in [3.8, 4) is 11.5 Å². The summed E-state index contributed by atoms with van der Waals surface area (Å²) >= 11 is 0. The number of carbonyl (C=O) groups is 4. The molecule has 0 radical (unpaired) electrons. The zero-order valence-electron chi connectivity index (χ0n) is 21.4. The Hall–Kier alpha value is -4.24. The number of hydrogen-bond acceptors (Lipinski definition) is 8. The van der Waals surface area contributed by atoms with E-state index in [-0.39, 0.29) is 24.5 Å². The van der Waals surface area contributed by atoms with Crippen LogP contribution in [0.3, 0.4) is 0 Å². The molecule has 196 valence electrons. The zero-order valence-corrected chi connectivity index (χ0v) is 21.4. The highest BCUT2D eigenvalue weighted by Gasteiger charge is 2.25. The number of esters is 3. The standard InChI is InChI=1S/C28H32N2O7/c1-5-10-20(6-2)26(32)37-24-16-19(15-22(30-25(31)17-29)28(34)35-18(3)4)13-14-23(24)36-27(33)21-11-8-7-9-12-21/h5-14,16,18,22H,15,17,29H2,1-4H3,(H,30,31). The molecule has 0 bridgehead atoms. The molecule has 2 aromatic carbocycles. The van der Waals surface area contributed by atoms with Gasteiger partial charge >= 0.3 is 17.9 Å². The maximum atomic E-state index is 12.8. The SMILES string of the molecule is CC=CC(=CC)C(=O)Oc1cc(CC(NC(=O)CN)C(=O)OC(C)C)ccc1OC(=O)c1ccccc1. The lowest BCUT2D eigenvalue weighted by atomic mass is 10.0. The fourth-order valence-electron chi connectivity index (χ4n) is 3.19. The summed E-state index contributed by atoms with van der Waals surface area (Å²) in [6.45, 7) is 6.53. The van der Waals surface area contributed by atoms with Crippen LogP contribution in [0.5, 0.6) is 11.5 Å². The smallest absolute Gasteiger partial charge is 0.343 e. The molecule has 0 aliphatic rings. The molecule has 3 N–H and O–H groups in total. The number of hydrogen-bond donors (Lipinski definition) is 2. The van der Waals surface area contributed by atoms with Gasteiger partial charge in [0, 0.05) is 6.42 Å². The average Bonchev–Trinajstić information content (AvgIpc) is 2.88. The summed E-state index contributed by atoms with van der Waals surface area (Å²) in [5.74, 6) is -2.50. The van der Waals surface area contributed by atoms with E-state index in [9.17, 15) is 19.2 Å². The maximum Gasteiger partial charge on any atom is 0.343 e. The van der Waals surface area contributed by atoms with E-state index in [4.69, 9.17) is 19.9 Å². The molecule has 0 heterocycles. The number of ether oxygens (including phenoxy) is 3. The highest BCUT2D eigenvalue weighted by atomic mass is 16.6. The van der Waals surface area contributed by atoms with E-state index in [1.807, 2.05) is 0 Å². The van der Waals surface area contributed by atoms with E-state index in [1.54, 1.807) is 82.3 Å². The van der Waals surface area contributed by atoms with Crippen molar-refractivity contribution in [1.82, 2.24) is 5.32 Å². The van der Waals surface area contributed by atoms with Crippen LogP contribution >= 0.6 is 0 Å². The summed E-state index contributed by atoms with van der Waals surface area (Å²) < 4.78 is 16.4. The van der Waals surface area contributed by atoms with E-state index in [0.717, 1.165) is 0 Å². The Morgan fingerprint density at radius 1 is 0.973 bits per heavy atom. The quantitative estimate of drug-likeness (QED) is 0.204. The Morgan fingerprint density at radius 3 is 2.27 bits per heavy atom. The third-order valence-electron chi connectivity index (χ3n) is 4.91. The first-order valence-electron chi connectivity index (χ1n) is 11.8. The van der Waals surface area contributed by atoms with Gasteiger partial charge in [-0.05, 0) is 57.5 Å². The van der Waals surface area contributed by atoms with Gasteiger partial charge in [-0.1, -0.05) is 42.5 Å². The summed E-state index contributed by atoms with van der Waals surface area (Å²) in [7, 11) is 0. The van der Waals surface area contributed by atoms with Crippen molar-refractivity contribution in [2.24, 2.45) is 5.73 Å². The highest BCUT2D eigenvalue weighted by Crippen LogP contribution is 2.31. The molecule has 0 saturated heterocycles. The minimum absolute atomic E-state index is 0.00850. The lowest BCUT2D eigenvalue weighted by Gasteiger charge is -2.20. The third kappa shape index (κ3) is 9.05. The molecule has 9 heteroatoms. The highest BCUT2D eigenvalue weighted by molar-refractivity contribution is 5.94. The first kappa shape index (κ1) is 29.0. The van der Waals surface area contributed by atoms with Crippen molar-refractivity contribution in [2.45, 2.75) is 46.3 Å². The number of amides is 1. The van der Waals surface area contributed by atoms with Crippen molar-refractivity contribution < 1.29 is 33.4 Å². The van der Waals surface area contributed by atoms with Crippen molar-refractivity contribution in [3.63, 3.8) is 0 Å². The van der Waals surface area contributed by atoms with Crippen molar-refractivity contribution in [1.29, 1.82) is 0 Å². The van der Waals surface area contributed by atoms with E-state index >= 15 is 0 Å². The topological polar surface area (TPSA) is 134 Å². The second-order valence-corrected chi connectivity index (χ2v) is 8.18. The van der Waals surface area contributed by atoms with Gasteiger partial charge in [-0.15, -0.1) is 0 Å². The van der Waals surface area contributed by atoms with Gasteiger partial charge in [0.1, 0.15) is 6.04 Å². The molecule has 0 aliphatic carbocycles. The molecule has 9 nitrogen and oxygen atoms in total. The van der Waals surface area contributed by atoms with Gasteiger partial charge in [-0.2, -0.15) is 0 Å². The molecule has 1 unspecified atom stereocenters. The molecule has 0 spiro atoms. The average molecular weight is 509 g/mol. The first-order chi connectivity index (χ1) is 17.7. The molecular weight excluding hydrogens is 476 g/mol. The number of nitrogens with one attached hydrogen (secondary N) is 1. The number of rotatable bonds is 11. The minimum atomic E-state index is -1.03. The number of allylic oxidation sites excluding steroid dienone is 2. The number of benzene rings is 2. The van der Waals surface area contributed by atoms with Crippen LogP contribution in [0.1, 0.15) is 43.6 Å². The fourth-order valence-corrected chi connectivity index (χ4v) is 3.19. The van der Waals surface area contributed by atoms with Crippen LogP contribution in [0.2, 0.25) is 0 Å². The van der Waals surface area contributed by atoms with Crippen LogP contribution in [0.25, 0.3) is 0 Å². The summed E-state index contributed by atoms with van der Waals surface area (Å²) in [6.07, 6.45) is 4.48. The molecular formula is C28H32N2O7. The lowest BCUT2D eigenvalue weighted by molar-refractivity contribution is -0.151. The Labute approximate surface area is 216 Å². The second kappa shape index (κ2) is 14.4. The van der Waals surface area contributed by atoms with Crippen LogP contribution in [0, 0.1) is 0 Å². The Balaban J connectivity index is 2.42. The largest absolute Gasteiger partial charge is 0.461 e. The van der Waals surface area contributed by atoms with Crippen LogP contribution in [-0.4, -0.2) is 42.5 Å². The van der Waals surface area contributed by atoms with E-state index in [2.05, 4.69) is 5.32 Å². The first-order valence-corrected chi connectivity index (χ1v) is 11.8. The van der Waals surface area contributed by atoms with Gasteiger partial charge in [0.2, 0.25) is 5.91 Å². The Kier molecular flexibility index (Phi) is 11.2. The molecule has 2 rings (SSSR count). The van der Waals surface area contributed by atoms with Crippen LogP contribution < -0.4 is 20.5 Å². The van der Waals surface area contributed by atoms with Gasteiger partial charge in [-0.25, -0.2) is 14.4 Å². The van der Waals surface area contributed by atoms with Gasteiger partial charge in [0.05, 0.1) is 23.8 Å². The van der Waals surface area contributed by atoms with Gasteiger partial charge in [-0.3, -0.25) is 4.79 Å². The fraction of sp³-hybridized carbons (Fsp3) is 0.286. The van der Waals surface area contributed by atoms with Crippen molar-refractivity contribution in [3.05, 3.63) is 83.5 Å². The lowest BCUT2D eigenvalue weighted by Crippen LogP contribution is -2.46. The summed E-state index contributed by atoms with van der Waals surface area (Å²) in [5.41, 5.74) is 6.51. The second-order valence-electron chi connectivity index (χ2n) is 8.18. The van der Waals surface area contributed by atoms with Crippen molar-refractivity contribution in [2.75, 3.05) is 6.54 Å². The minimum Gasteiger partial charge on any atom is -0.461 e.